The van der Waals surface area contributed by atoms with Crippen molar-refractivity contribution in [1.29, 1.82) is 0 Å². The molecule has 3 rings (SSSR count). The number of amides is 1. The molecule has 5 nitrogen and oxygen atoms in total. The number of nitrogens with one attached hydrogen (secondary N) is 2. The standard InChI is InChI=1S/C15H13IN2O3S/c16-11-2-1-3-13(8-11)22(20,21)18-12-5-4-10-6-7-17-15(19)14(10)9-12/h1-5,8-9,18H,6-7H2,(H,17,19). The highest BCUT2D eigenvalue weighted by Crippen LogP contribution is 2.22. The van der Waals surface area contributed by atoms with Crippen LogP contribution in [-0.4, -0.2) is 20.9 Å². The van der Waals surface area contributed by atoms with Crippen molar-refractivity contribution in [3.05, 3.63) is 57.2 Å². The Balaban J connectivity index is 1.93. The molecular weight excluding hydrogens is 415 g/mol. The fourth-order valence-electron chi connectivity index (χ4n) is 2.32. The molecule has 1 amide bonds. The van der Waals surface area contributed by atoms with Crippen LogP contribution in [0.1, 0.15) is 15.9 Å². The zero-order valence-corrected chi connectivity index (χ0v) is 14.4. The third-order valence-corrected chi connectivity index (χ3v) is 5.44. The van der Waals surface area contributed by atoms with Crippen LogP contribution in [0, 0.1) is 3.57 Å². The van der Waals surface area contributed by atoms with Gasteiger partial charge in [-0.25, -0.2) is 8.42 Å². The Morgan fingerprint density at radius 2 is 1.95 bits per heavy atom. The second-order valence-corrected chi connectivity index (χ2v) is 7.87. The minimum atomic E-state index is -3.67. The van der Waals surface area contributed by atoms with E-state index >= 15 is 0 Å². The number of rotatable bonds is 3. The Kier molecular flexibility index (Phi) is 4.09. The lowest BCUT2D eigenvalue weighted by Gasteiger charge is -2.17. The SMILES string of the molecule is O=C1NCCc2ccc(NS(=O)(=O)c3cccc(I)c3)cc21. The summed E-state index contributed by atoms with van der Waals surface area (Å²) in [5.74, 6) is -0.170. The normalized spacial score (nSPS) is 14.1. The summed E-state index contributed by atoms with van der Waals surface area (Å²) in [6.07, 6.45) is 0.755. The van der Waals surface area contributed by atoms with Crippen LogP contribution in [0.15, 0.2) is 47.4 Å². The molecule has 7 heteroatoms. The topological polar surface area (TPSA) is 75.3 Å². The monoisotopic (exact) mass is 428 g/mol. The quantitative estimate of drug-likeness (QED) is 0.738. The van der Waals surface area contributed by atoms with E-state index in [1.165, 1.54) is 6.07 Å². The van der Waals surface area contributed by atoms with Gasteiger partial charge in [0.1, 0.15) is 0 Å². The summed E-state index contributed by atoms with van der Waals surface area (Å²) in [7, 11) is -3.67. The summed E-state index contributed by atoms with van der Waals surface area (Å²) >= 11 is 2.06. The number of carbonyl (C=O) groups excluding carboxylic acids is 1. The summed E-state index contributed by atoms with van der Waals surface area (Å²) in [5.41, 5.74) is 1.84. The summed E-state index contributed by atoms with van der Waals surface area (Å²) in [6, 6.07) is 11.7. The largest absolute Gasteiger partial charge is 0.352 e. The molecule has 0 saturated carbocycles. The molecule has 0 spiro atoms. The molecule has 2 aromatic rings. The smallest absolute Gasteiger partial charge is 0.261 e. The van der Waals surface area contributed by atoms with Gasteiger partial charge in [0.05, 0.1) is 4.90 Å². The van der Waals surface area contributed by atoms with Crippen molar-refractivity contribution in [2.45, 2.75) is 11.3 Å². The Hall–Kier alpha value is -1.61. The third-order valence-electron chi connectivity index (χ3n) is 3.39. The summed E-state index contributed by atoms with van der Waals surface area (Å²) < 4.78 is 28.1. The molecule has 0 unspecified atom stereocenters. The first-order valence-corrected chi connectivity index (χ1v) is 9.21. The minimum Gasteiger partial charge on any atom is -0.352 e. The van der Waals surface area contributed by atoms with Crippen molar-refractivity contribution in [2.24, 2.45) is 0 Å². The van der Waals surface area contributed by atoms with E-state index < -0.39 is 10.0 Å². The first kappa shape index (κ1) is 15.3. The van der Waals surface area contributed by atoms with Crippen LogP contribution in [-0.2, 0) is 16.4 Å². The summed E-state index contributed by atoms with van der Waals surface area (Å²) in [5, 5.41) is 2.75. The molecule has 0 atom stereocenters. The Bertz CT molecular complexity index is 850. The van der Waals surface area contributed by atoms with Crippen molar-refractivity contribution < 1.29 is 13.2 Å². The molecule has 1 aliphatic rings. The van der Waals surface area contributed by atoms with Gasteiger partial charge in [0.25, 0.3) is 15.9 Å². The number of halogens is 1. The van der Waals surface area contributed by atoms with E-state index in [1.807, 2.05) is 6.07 Å². The van der Waals surface area contributed by atoms with Gasteiger partial charge in [-0.2, -0.15) is 0 Å². The summed E-state index contributed by atoms with van der Waals surface area (Å²) in [6.45, 7) is 0.610. The predicted octanol–water partition coefficient (Wildman–Crippen LogP) is 2.38. The molecule has 0 bridgehead atoms. The highest BCUT2D eigenvalue weighted by atomic mass is 127. The molecule has 22 heavy (non-hydrogen) atoms. The second-order valence-electron chi connectivity index (χ2n) is 4.94. The van der Waals surface area contributed by atoms with Crippen molar-refractivity contribution in [3.8, 4) is 0 Å². The van der Waals surface area contributed by atoms with Crippen molar-refractivity contribution >= 4 is 44.2 Å². The number of hydrogen-bond acceptors (Lipinski definition) is 3. The van der Waals surface area contributed by atoms with Gasteiger partial charge in [0, 0.05) is 21.4 Å². The van der Waals surface area contributed by atoms with Gasteiger partial charge in [-0.1, -0.05) is 12.1 Å². The Morgan fingerprint density at radius 3 is 2.73 bits per heavy atom. The fourth-order valence-corrected chi connectivity index (χ4v) is 4.17. The van der Waals surface area contributed by atoms with Crippen LogP contribution in [0.5, 0.6) is 0 Å². The van der Waals surface area contributed by atoms with E-state index in [2.05, 4.69) is 32.6 Å². The highest BCUT2D eigenvalue weighted by molar-refractivity contribution is 14.1. The zero-order chi connectivity index (χ0) is 15.7. The van der Waals surface area contributed by atoms with Crippen LogP contribution in [0.3, 0.4) is 0 Å². The highest BCUT2D eigenvalue weighted by Gasteiger charge is 2.19. The lowest BCUT2D eigenvalue weighted by molar-refractivity contribution is 0.0946. The van der Waals surface area contributed by atoms with Crippen molar-refractivity contribution in [3.63, 3.8) is 0 Å². The molecular formula is C15H13IN2O3S. The predicted molar refractivity (Wildman–Crippen MR) is 92.4 cm³/mol. The maximum absolute atomic E-state index is 12.4. The van der Waals surface area contributed by atoms with Crippen molar-refractivity contribution in [1.82, 2.24) is 5.32 Å². The van der Waals surface area contributed by atoms with Gasteiger partial charge in [0.2, 0.25) is 0 Å². The van der Waals surface area contributed by atoms with E-state index in [1.54, 1.807) is 30.3 Å². The molecule has 1 heterocycles. The van der Waals surface area contributed by atoms with Crippen LogP contribution in [0.2, 0.25) is 0 Å². The molecule has 0 radical (unpaired) electrons. The zero-order valence-electron chi connectivity index (χ0n) is 11.5. The van der Waals surface area contributed by atoms with Crippen LogP contribution < -0.4 is 10.0 Å². The molecule has 2 N–H and O–H groups in total. The maximum atomic E-state index is 12.4. The average molecular weight is 428 g/mol. The fraction of sp³-hybridized carbons (Fsp3) is 0.133. The van der Waals surface area contributed by atoms with Crippen LogP contribution >= 0.6 is 22.6 Å². The summed E-state index contributed by atoms with van der Waals surface area (Å²) in [4.78, 5) is 12.0. The molecule has 0 saturated heterocycles. The van der Waals surface area contributed by atoms with Gasteiger partial charge in [-0.3, -0.25) is 9.52 Å². The van der Waals surface area contributed by atoms with Crippen LogP contribution in [0.25, 0.3) is 0 Å². The Morgan fingerprint density at radius 1 is 1.14 bits per heavy atom. The second kappa shape index (κ2) is 5.88. The number of benzene rings is 2. The van der Waals surface area contributed by atoms with E-state index in [0.29, 0.717) is 17.8 Å². The molecule has 2 aromatic carbocycles. The number of fused-ring (bicyclic) bond motifs is 1. The van der Waals surface area contributed by atoms with Crippen LogP contribution in [0.4, 0.5) is 5.69 Å². The third kappa shape index (κ3) is 3.09. The van der Waals surface area contributed by atoms with E-state index in [0.717, 1.165) is 15.6 Å². The maximum Gasteiger partial charge on any atom is 0.261 e. The molecule has 1 aliphatic heterocycles. The number of carbonyl (C=O) groups is 1. The van der Waals surface area contributed by atoms with Crippen molar-refractivity contribution in [2.75, 3.05) is 11.3 Å². The molecule has 0 aromatic heterocycles. The van der Waals surface area contributed by atoms with E-state index in [-0.39, 0.29) is 10.8 Å². The number of hydrogen-bond donors (Lipinski definition) is 2. The molecule has 0 fully saturated rings. The first-order valence-electron chi connectivity index (χ1n) is 6.65. The lowest BCUT2D eigenvalue weighted by Crippen LogP contribution is -2.31. The van der Waals surface area contributed by atoms with E-state index in [4.69, 9.17) is 0 Å². The Labute approximate surface area is 142 Å². The van der Waals surface area contributed by atoms with Gasteiger partial charge < -0.3 is 5.32 Å². The number of anilines is 1. The number of sulfonamides is 1. The van der Waals surface area contributed by atoms with Gasteiger partial charge in [-0.05, 0) is 64.9 Å². The minimum absolute atomic E-state index is 0.170. The molecule has 114 valence electrons. The lowest BCUT2D eigenvalue weighted by atomic mass is 10.00. The van der Waals surface area contributed by atoms with Gasteiger partial charge >= 0.3 is 0 Å². The van der Waals surface area contributed by atoms with Gasteiger partial charge in [-0.15, -0.1) is 0 Å². The average Bonchev–Trinajstić information content (AvgIpc) is 2.48. The van der Waals surface area contributed by atoms with Gasteiger partial charge in [0.15, 0.2) is 0 Å². The molecule has 0 aliphatic carbocycles. The van der Waals surface area contributed by atoms with E-state index in [9.17, 15) is 13.2 Å². The first-order chi connectivity index (χ1) is 10.5.